The normalized spacial score (nSPS) is 11.0. The first-order valence-corrected chi connectivity index (χ1v) is 9.57. The highest BCUT2D eigenvalue weighted by molar-refractivity contribution is 5.45. The lowest BCUT2D eigenvalue weighted by atomic mass is 9.90. The van der Waals surface area contributed by atoms with Gasteiger partial charge in [0.1, 0.15) is 5.75 Å². The van der Waals surface area contributed by atoms with Crippen molar-refractivity contribution in [1.82, 2.24) is 0 Å². The summed E-state index contributed by atoms with van der Waals surface area (Å²) in [5, 5.41) is 10.3. The Morgan fingerprint density at radius 2 is 1.23 bits per heavy atom. The zero-order valence-corrected chi connectivity index (χ0v) is 15.1. The molecule has 0 aromatic heterocycles. The van der Waals surface area contributed by atoms with Gasteiger partial charge in [0.15, 0.2) is 0 Å². The van der Waals surface area contributed by atoms with E-state index in [2.05, 4.69) is 26.8 Å². The molecule has 0 radical (unpaired) electrons. The summed E-state index contributed by atoms with van der Waals surface area (Å²) in [6.07, 6.45) is 14.8. The van der Waals surface area contributed by atoms with Crippen LogP contribution in [0.25, 0.3) is 0 Å². The smallest absolute Gasteiger partial charge is 0.119 e. The Kier molecular flexibility index (Phi) is 10.0. The van der Waals surface area contributed by atoms with Crippen molar-refractivity contribution in [3.05, 3.63) is 28.8 Å². The SMILES string of the molecule is CCCCCCCc1c(O)ccc(CCC)c1CCCCC. The fourth-order valence-corrected chi connectivity index (χ4v) is 3.28. The molecule has 0 unspecified atom stereocenters. The Labute approximate surface area is 138 Å². The van der Waals surface area contributed by atoms with Gasteiger partial charge >= 0.3 is 0 Å². The number of phenols is 1. The van der Waals surface area contributed by atoms with Gasteiger partial charge < -0.3 is 5.11 Å². The summed E-state index contributed by atoms with van der Waals surface area (Å²) in [4.78, 5) is 0. The summed E-state index contributed by atoms with van der Waals surface area (Å²) < 4.78 is 0. The number of aromatic hydroxyl groups is 1. The van der Waals surface area contributed by atoms with Gasteiger partial charge in [-0.05, 0) is 54.9 Å². The Bertz CT molecular complexity index is 409. The molecule has 0 heterocycles. The fourth-order valence-electron chi connectivity index (χ4n) is 3.28. The lowest BCUT2D eigenvalue weighted by molar-refractivity contribution is 0.464. The monoisotopic (exact) mass is 304 g/mol. The molecule has 1 N–H and O–H groups in total. The Balaban J connectivity index is 2.78. The summed E-state index contributed by atoms with van der Waals surface area (Å²) in [6, 6.07) is 4.08. The third-order valence-electron chi connectivity index (χ3n) is 4.58. The second-order valence-corrected chi connectivity index (χ2v) is 6.57. The highest BCUT2D eigenvalue weighted by Crippen LogP contribution is 2.29. The third kappa shape index (κ3) is 6.42. The molecule has 0 amide bonds. The average Bonchev–Trinajstić information content (AvgIpc) is 2.52. The molecule has 0 fully saturated rings. The van der Waals surface area contributed by atoms with Crippen LogP contribution in [0.2, 0.25) is 0 Å². The first-order chi connectivity index (χ1) is 10.7. The summed E-state index contributed by atoms with van der Waals surface area (Å²) in [5.41, 5.74) is 4.18. The average molecular weight is 305 g/mol. The molecule has 0 aliphatic rings. The molecule has 22 heavy (non-hydrogen) atoms. The summed E-state index contributed by atoms with van der Waals surface area (Å²) in [7, 11) is 0. The van der Waals surface area contributed by atoms with Crippen molar-refractivity contribution in [2.45, 2.75) is 97.8 Å². The van der Waals surface area contributed by atoms with Crippen LogP contribution >= 0.6 is 0 Å². The van der Waals surface area contributed by atoms with Crippen molar-refractivity contribution in [2.24, 2.45) is 0 Å². The van der Waals surface area contributed by atoms with E-state index in [0.717, 1.165) is 19.3 Å². The van der Waals surface area contributed by atoms with Gasteiger partial charge in [0.05, 0.1) is 0 Å². The molecule has 1 nitrogen and oxygen atoms in total. The predicted octanol–water partition coefficient (Wildman–Crippen LogP) is 6.59. The first-order valence-electron chi connectivity index (χ1n) is 9.57. The maximum Gasteiger partial charge on any atom is 0.119 e. The van der Waals surface area contributed by atoms with Crippen molar-refractivity contribution in [3.63, 3.8) is 0 Å². The molecular formula is C21H36O. The molecular weight excluding hydrogens is 268 g/mol. The number of aryl methyl sites for hydroxylation is 1. The molecule has 0 atom stereocenters. The molecule has 0 aliphatic heterocycles. The van der Waals surface area contributed by atoms with E-state index in [1.165, 1.54) is 74.5 Å². The van der Waals surface area contributed by atoms with E-state index in [0.29, 0.717) is 5.75 Å². The summed E-state index contributed by atoms with van der Waals surface area (Å²) >= 11 is 0. The maximum absolute atomic E-state index is 10.3. The van der Waals surface area contributed by atoms with Gasteiger partial charge in [0.2, 0.25) is 0 Å². The van der Waals surface area contributed by atoms with Gasteiger partial charge in [-0.15, -0.1) is 0 Å². The molecule has 0 bridgehead atoms. The van der Waals surface area contributed by atoms with E-state index >= 15 is 0 Å². The standard InChI is InChI=1S/C21H36O/c1-4-7-9-10-12-15-20-19(14-11-8-5-2)18(13-6-3)16-17-21(20)22/h16-17,22H,4-15H2,1-3H3. The minimum atomic E-state index is 0.529. The molecule has 0 aliphatic carbocycles. The number of unbranched alkanes of at least 4 members (excludes halogenated alkanes) is 6. The number of benzene rings is 1. The Hall–Kier alpha value is -0.980. The highest BCUT2D eigenvalue weighted by Gasteiger charge is 2.12. The van der Waals surface area contributed by atoms with E-state index in [4.69, 9.17) is 0 Å². The minimum absolute atomic E-state index is 0.529. The van der Waals surface area contributed by atoms with Crippen molar-refractivity contribution in [3.8, 4) is 5.75 Å². The summed E-state index contributed by atoms with van der Waals surface area (Å²) in [6.45, 7) is 6.75. The van der Waals surface area contributed by atoms with Gasteiger partial charge in [-0.1, -0.05) is 71.8 Å². The molecule has 1 aromatic rings. The molecule has 0 spiro atoms. The molecule has 0 saturated heterocycles. The quantitative estimate of drug-likeness (QED) is 0.432. The van der Waals surface area contributed by atoms with Gasteiger partial charge in [-0.3, -0.25) is 0 Å². The van der Waals surface area contributed by atoms with E-state index in [-0.39, 0.29) is 0 Å². The van der Waals surface area contributed by atoms with E-state index in [9.17, 15) is 5.11 Å². The number of rotatable bonds is 12. The largest absolute Gasteiger partial charge is 0.508 e. The highest BCUT2D eigenvalue weighted by atomic mass is 16.3. The second kappa shape index (κ2) is 11.6. The zero-order valence-electron chi connectivity index (χ0n) is 15.1. The van der Waals surface area contributed by atoms with Gasteiger partial charge in [-0.2, -0.15) is 0 Å². The third-order valence-corrected chi connectivity index (χ3v) is 4.58. The van der Waals surface area contributed by atoms with Crippen LogP contribution in [0.1, 0.15) is 95.2 Å². The number of hydrogen-bond acceptors (Lipinski definition) is 1. The van der Waals surface area contributed by atoms with Crippen LogP contribution in [0.4, 0.5) is 0 Å². The van der Waals surface area contributed by atoms with Crippen molar-refractivity contribution >= 4 is 0 Å². The van der Waals surface area contributed by atoms with Crippen LogP contribution in [0.15, 0.2) is 12.1 Å². The van der Waals surface area contributed by atoms with Crippen LogP contribution in [-0.4, -0.2) is 5.11 Å². The van der Waals surface area contributed by atoms with E-state index < -0.39 is 0 Å². The van der Waals surface area contributed by atoms with Crippen molar-refractivity contribution < 1.29 is 5.11 Å². The lowest BCUT2D eigenvalue weighted by Gasteiger charge is -2.16. The molecule has 0 saturated carbocycles. The number of hydrogen-bond donors (Lipinski definition) is 1. The molecule has 1 heteroatoms. The van der Waals surface area contributed by atoms with Crippen LogP contribution in [-0.2, 0) is 19.3 Å². The fraction of sp³-hybridized carbons (Fsp3) is 0.714. The predicted molar refractivity (Wildman–Crippen MR) is 97.8 cm³/mol. The number of phenolic OH excluding ortho intramolecular Hbond substituents is 1. The van der Waals surface area contributed by atoms with E-state index in [1.54, 1.807) is 0 Å². The van der Waals surface area contributed by atoms with Gasteiger partial charge in [-0.25, -0.2) is 0 Å². The van der Waals surface area contributed by atoms with Crippen LogP contribution in [0, 0.1) is 0 Å². The Morgan fingerprint density at radius 1 is 0.636 bits per heavy atom. The second-order valence-electron chi connectivity index (χ2n) is 6.57. The van der Waals surface area contributed by atoms with Gasteiger partial charge in [0.25, 0.3) is 0 Å². The Morgan fingerprint density at radius 3 is 1.91 bits per heavy atom. The van der Waals surface area contributed by atoms with Crippen molar-refractivity contribution in [2.75, 3.05) is 0 Å². The zero-order chi connectivity index (χ0) is 16.2. The lowest BCUT2D eigenvalue weighted by Crippen LogP contribution is -2.02. The first kappa shape index (κ1) is 19.1. The minimum Gasteiger partial charge on any atom is -0.508 e. The summed E-state index contributed by atoms with van der Waals surface area (Å²) in [5.74, 6) is 0.529. The molecule has 1 aromatic carbocycles. The van der Waals surface area contributed by atoms with Crippen molar-refractivity contribution in [1.29, 1.82) is 0 Å². The molecule has 1 rings (SSSR count). The van der Waals surface area contributed by atoms with Gasteiger partial charge in [0, 0.05) is 0 Å². The van der Waals surface area contributed by atoms with Crippen LogP contribution < -0.4 is 0 Å². The van der Waals surface area contributed by atoms with E-state index in [1.807, 2.05) is 6.07 Å². The molecule has 126 valence electrons. The maximum atomic E-state index is 10.3. The van der Waals surface area contributed by atoms with Crippen LogP contribution in [0.3, 0.4) is 0 Å². The van der Waals surface area contributed by atoms with Crippen LogP contribution in [0.5, 0.6) is 5.75 Å². The topological polar surface area (TPSA) is 20.2 Å².